The molecule has 0 N–H and O–H groups in total. The van der Waals surface area contributed by atoms with Gasteiger partial charge in [0.15, 0.2) is 0 Å². The molecule has 3 aromatic rings. The summed E-state index contributed by atoms with van der Waals surface area (Å²) < 4.78 is 48.6. The van der Waals surface area contributed by atoms with Crippen molar-refractivity contribution in [1.82, 2.24) is 4.57 Å². The Balaban J connectivity index is 2.14. The highest BCUT2D eigenvalue weighted by Crippen LogP contribution is 2.20. The van der Waals surface area contributed by atoms with E-state index in [9.17, 15) is 17.6 Å². The van der Waals surface area contributed by atoms with Gasteiger partial charge in [-0.05, 0) is 42.5 Å². The largest absolute Gasteiger partial charge is 0.465 e. The molecule has 0 aliphatic heterocycles. The van der Waals surface area contributed by atoms with Crippen molar-refractivity contribution in [2.45, 2.75) is 4.90 Å². The van der Waals surface area contributed by atoms with Gasteiger partial charge in [0.1, 0.15) is 5.82 Å². The molecule has 0 unspecified atom stereocenters. The maximum absolute atomic E-state index is 13.0. The first-order valence-corrected chi connectivity index (χ1v) is 9.32. The first-order chi connectivity index (χ1) is 11.8. The lowest BCUT2D eigenvalue weighted by Crippen LogP contribution is -2.13. The third-order valence-electron chi connectivity index (χ3n) is 3.54. The third kappa shape index (κ3) is 3.33. The first-order valence-electron chi connectivity index (χ1n) is 7.06. The van der Waals surface area contributed by atoms with Gasteiger partial charge in [-0.25, -0.2) is 9.18 Å². The number of aromatic nitrogens is 1. The number of methoxy groups -OCH3 is 1. The highest BCUT2D eigenvalue weighted by atomic mass is 32.2. The van der Waals surface area contributed by atoms with Crippen LogP contribution in [0.3, 0.4) is 0 Å². The number of esters is 1. The van der Waals surface area contributed by atoms with Crippen molar-refractivity contribution in [2.24, 2.45) is 11.4 Å². The zero-order valence-electron chi connectivity index (χ0n) is 13.3. The van der Waals surface area contributed by atoms with E-state index in [1.807, 2.05) is 0 Å². The third-order valence-corrected chi connectivity index (χ3v) is 6.03. The lowest BCUT2D eigenvalue weighted by molar-refractivity contribution is 0.0601. The number of aryl methyl sites for hydroxylation is 1. The molecular formula is C16H13FN2O4S2. The SMILES string of the molecule is COC(=O)c1ccc2c(c1)s/c(=N\S(=O)(=O)c1ccc(F)cc1)n2C. The first kappa shape index (κ1) is 17.3. The van der Waals surface area contributed by atoms with Crippen molar-refractivity contribution >= 4 is 37.5 Å². The summed E-state index contributed by atoms with van der Waals surface area (Å²) in [6.07, 6.45) is 0. The number of hydrogen-bond acceptors (Lipinski definition) is 5. The second-order valence-corrected chi connectivity index (χ2v) is 7.75. The zero-order valence-corrected chi connectivity index (χ0v) is 14.9. The second kappa shape index (κ2) is 6.41. The lowest BCUT2D eigenvalue weighted by atomic mass is 10.2. The molecule has 0 spiro atoms. The van der Waals surface area contributed by atoms with Gasteiger partial charge in [0.25, 0.3) is 10.0 Å². The van der Waals surface area contributed by atoms with Crippen molar-refractivity contribution in [3.8, 4) is 0 Å². The molecule has 9 heteroatoms. The summed E-state index contributed by atoms with van der Waals surface area (Å²) in [5.41, 5.74) is 1.09. The van der Waals surface area contributed by atoms with E-state index < -0.39 is 21.8 Å². The van der Waals surface area contributed by atoms with E-state index in [0.717, 1.165) is 41.1 Å². The van der Waals surface area contributed by atoms with Crippen LogP contribution in [0, 0.1) is 5.82 Å². The number of carbonyl (C=O) groups is 1. The molecule has 3 rings (SSSR count). The number of nitrogens with zero attached hydrogens (tertiary/aromatic N) is 2. The second-order valence-electron chi connectivity index (χ2n) is 5.14. The molecule has 0 amide bonds. The van der Waals surface area contributed by atoms with Crippen LogP contribution in [-0.4, -0.2) is 26.1 Å². The van der Waals surface area contributed by atoms with Crippen LogP contribution in [0.4, 0.5) is 4.39 Å². The Hall–Kier alpha value is -2.52. The Labute approximate surface area is 146 Å². The van der Waals surface area contributed by atoms with E-state index in [1.165, 1.54) is 7.11 Å². The zero-order chi connectivity index (χ0) is 18.2. The van der Waals surface area contributed by atoms with Gasteiger partial charge in [0, 0.05) is 7.05 Å². The Morgan fingerprint density at radius 3 is 2.52 bits per heavy atom. The predicted octanol–water partition coefficient (Wildman–Crippen LogP) is 2.46. The summed E-state index contributed by atoms with van der Waals surface area (Å²) in [7, 11) is -1.01. The topological polar surface area (TPSA) is 77.7 Å². The number of sulfonamides is 1. The van der Waals surface area contributed by atoms with Crippen LogP contribution in [0.5, 0.6) is 0 Å². The van der Waals surface area contributed by atoms with Crippen molar-refractivity contribution in [1.29, 1.82) is 0 Å². The molecule has 0 saturated heterocycles. The molecule has 1 heterocycles. The smallest absolute Gasteiger partial charge is 0.337 e. The van der Waals surface area contributed by atoms with E-state index in [0.29, 0.717) is 10.3 Å². The van der Waals surface area contributed by atoms with Crippen molar-refractivity contribution in [2.75, 3.05) is 7.11 Å². The van der Waals surface area contributed by atoms with Gasteiger partial charge in [0.05, 0.1) is 27.8 Å². The molecule has 0 aliphatic rings. The van der Waals surface area contributed by atoms with Crippen LogP contribution in [0.1, 0.15) is 10.4 Å². The van der Waals surface area contributed by atoms with Gasteiger partial charge in [-0.2, -0.15) is 8.42 Å². The summed E-state index contributed by atoms with van der Waals surface area (Å²) in [6.45, 7) is 0. The van der Waals surface area contributed by atoms with Crippen molar-refractivity contribution in [3.05, 3.63) is 58.6 Å². The van der Waals surface area contributed by atoms with E-state index in [-0.39, 0.29) is 9.70 Å². The number of ether oxygens (including phenoxy) is 1. The average molecular weight is 380 g/mol. The van der Waals surface area contributed by atoms with Gasteiger partial charge < -0.3 is 9.30 Å². The fourth-order valence-electron chi connectivity index (χ4n) is 2.23. The molecule has 0 atom stereocenters. The molecule has 0 saturated carbocycles. The van der Waals surface area contributed by atoms with Crippen molar-refractivity contribution in [3.63, 3.8) is 0 Å². The maximum atomic E-state index is 13.0. The average Bonchev–Trinajstić information content (AvgIpc) is 2.89. The normalized spacial score (nSPS) is 12.5. The van der Waals surface area contributed by atoms with Gasteiger partial charge in [-0.15, -0.1) is 4.40 Å². The summed E-state index contributed by atoms with van der Waals surface area (Å²) in [5.74, 6) is -1.00. The summed E-state index contributed by atoms with van der Waals surface area (Å²) in [6, 6.07) is 9.37. The quantitative estimate of drug-likeness (QED) is 0.654. The number of halogens is 1. The Kier molecular flexibility index (Phi) is 4.44. The number of fused-ring (bicyclic) bond motifs is 1. The van der Waals surface area contributed by atoms with Crippen LogP contribution in [-0.2, 0) is 21.8 Å². The molecular weight excluding hydrogens is 367 g/mol. The monoisotopic (exact) mass is 380 g/mol. The molecule has 25 heavy (non-hydrogen) atoms. The molecule has 0 bridgehead atoms. The number of rotatable bonds is 3. The van der Waals surface area contributed by atoms with E-state index in [2.05, 4.69) is 9.13 Å². The minimum Gasteiger partial charge on any atom is -0.465 e. The van der Waals surface area contributed by atoms with E-state index >= 15 is 0 Å². The minimum absolute atomic E-state index is 0.0957. The summed E-state index contributed by atoms with van der Waals surface area (Å²) in [5, 5.41) is 0. The maximum Gasteiger partial charge on any atom is 0.337 e. The number of hydrogen-bond donors (Lipinski definition) is 0. The van der Waals surface area contributed by atoms with Crippen LogP contribution < -0.4 is 4.80 Å². The Morgan fingerprint density at radius 2 is 1.88 bits per heavy atom. The summed E-state index contributed by atoms with van der Waals surface area (Å²) >= 11 is 1.13. The van der Waals surface area contributed by atoms with Crippen LogP contribution in [0.25, 0.3) is 10.2 Å². The molecule has 0 aliphatic carbocycles. The summed E-state index contributed by atoms with van der Waals surface area (Å²) in [4.78, 5) is 11.8. The van der Waals surface area contributed by atoms with E-state index in [1.54, 1.807) is 29.8 Å². The van der Waals surface area contributed by atoms with Gasteiger partial charge in [-0.1, -0.05) is 11.3 Å². The van der Waals surface area contributed by atoms with Crippen LogP contribution >= 0.6 is 11.3 Å². The molecule has 0 radical (unpaired) electrons. The fourth-order valence-corrected chi connectivity index (χ4v) is 4.51. The highest BCUT2D eigenvalue weighted by Gasteiger charge is 2.15. The number of benzene rings is 2. The van der Waals surface area contributed by atoms with Crippen LogP contribution in [0.15, 0.2) is 51.8 Å². The number of thiazole rings is 1. The van der Waals surface area contributed by atoms with Gasteiger partial charge in [-0.3, -0.25) is 0 Å². The van der Waals surface area contributed by atoms with Gasteiger partial charge in [0.2, 0.25) is 4.80 Å². The molecule has 2 aromatic carbocycles. The lowest BCUT2D eigenvalue weighted by Gasteiger charge is -2.00. The van der Waals surface area contributed by atoms with E-state index in [4.69, 9.17) is 0 Å². The fraction of sp³-hybridized carbons (Fsp3) is 0.125. The Bertz CT molecular complexity index is 1130. The molecule has 130 valence electrons. The molecule has 6 nitrogen and oxygen atoms in total. The number of carbonyl (C=O) groups excluding carboxylic acids is 1. The molecule has 1 aromatic heterocycles. The van der Waals surface area contributed by atoms with Crippen LogP contribution in [0.2, 0.25) is 0 Å². The molecule has 0 fully saturated rings. The predicted molar refractivity (Wildman–Crippen MR) is 91.3 cm³/mol. The highest BCUT2D eigenvalue weighted by molar-refractivity contribution is 7.90. The Morgan fingerprint density at radius 1 is 1.20 bits per heavy atom. The van der Waals surface area contributed by atoms with Crippen molar-refractivity contribution < 1.29 is 22.3 Å². The standard InChI is InChI=1S/C16H13FN2O4S2/c1-19-13-8-3-10(15(20)23-2)9-14(13)24-16(19)18-25(21,22)12-6-4-11(17)5-7-12/h3-9H,1-2H3/b18-16-. The minimum atomic E-state index is -3.98. The van der Waals surface area contributed by atoms with Gasteiger partial charge >= 0.3 is 5.97 Å².